The SMILES string of the molecule is CC.COC(=O)C1(c2cc(F)ccc2F)ON=C2/C(=C/c3ccc(-n4cnc(C)c4)c(OC)c3)CCCN21. The number of hydrogen-bond acceptors (Lipinski definition) is 7. The summed E-state index contributed by atoms with van der Waals surface area (Å²) in [6.45, 7) is 6.24. The van der Waals surface area contributed by atoms with Gasteiger partial charge in [0, 0.05) is 12.7 Å². The molecule has 2 aromatic carbocycles. The third-order valence-electron chi connectivity index (χ3n) is 6.31. The number of aromatic nitrogens is 2. The van der Waals surface area contributed by atoms with E-state index in [-0.39, 0.29) is 5.56 Å². The van der Waals surface area contributed by atoms with Crippen molar-refractivity contribution in [3.63, 3.8) is 0 Å². The average molecular weight is 525 g/mol. The van der Waals surface area contributed by atoms with Crippen LogP contribution in [0.15, 0.2) is 59.7 Å². The number of nitrogens with zero attached hydrogens (tertiary/aromatic N) is 4. The largest absolute Gasteiger partial charge is 0.495 e. The Labute approximate surface area is 220 Å². The van der Waals surface area contributed by atoms with E-state index in [1.807, 2.05) is 55.8 Å². The maximum atomic E-state index is 14.9. The summed E-state index contributed by atoms with van der Waals surface area (Å²) >= 11 is 0. The highest BCUT2D eigenvalue weighted by Crippen LogP contribution is 2.42. The number of carbonyl (C=O) groups is 1. The smallest absolute Gasteiger partial charge is 0.380 e. The molecule has 0 bridgehead atoms. The third-order valence-corrected chi connectivity index (χ3v) is 6.31. The molecule has 38 heavy (non-hydrogen) atoms. The van der Waals surface area contributed by atoms with Crippen LogP contribution in [0.3, 0.4) is 0 Å². The van der Waals surface area contributed by atoms with Gasteiger partial charge in [0.25, 0.3) is 0 Å². The molecule has 1 aromatic heterocycles. The van der Waals surface area contributed by atoms with Crippen LogP contribution in [0.2, 0.25) is 0 Å². The summed E-state index contributed by atoms with van der Waals surface area (Å²) in [5, 5.41) is 4.16. The van der Waals surface area contributed by atoms with Crippen LogP contribution < -0.4 is 4.74 Å². The molecule has 1 saturated heterocycles. The quantitative estimate of drug-likeness (QED) is 0.419. The third kappa shape index (κ3) is 4.62. The number of oxime groups is 1. The van der Waals surface area contributed by atoms with Crippen LogP contribution in [0, 0.1) is 18.6 Å². The van der Waals surface area contributed by atoms with Crippen LogP contribution in [0.25, 0.3) is 11.8 Å². The first-order valence-electron chi connectivity index (χ1n) is 12.3. The summed E-state index contributed by atoms with van der Waals surface area (Å²) in [5.74, 6) is -1.40. The molecule has 1 fully saturated rings. The van der Waals surface area contributed by atoms with Crippen molar-refractivity contribution >= 4 is 17.9 Å². The Hall–Kier alpha value is -4.21. The molecule has 1 atom stereocenters. The van der Waals surface area contributed by atoms with E-state index in [9.17, 15) is 13.6 Å². The number of amidine groups is 1. The van der Waals surface area contributed by atoms with E-state index in [4.69, 9.17) is 14.3 Å². The Morgan fingerprint density at radius 3 is 2.63 bits per heavy atom. The minimum atomic E-state index is -2.06. The van der Waals surface area contributed by atoms with Crippen molar-refractivity contribution in [1.29, 1.82) is 0 Å². The minimum absolute atomic E-state index is 0.295. The first kappa shape index (κ1) is 26.8. The van der Waals surface area contributed by atoms with Crippen molar-refractivity contribution < 1.29 is 27.9 Å². The Morgan fingerprint density at radius 2 is 1.95 bits per heavy atom. The Kier molecular flexibility index (Phi) is 7.80. The predicted octanol–water partition coefficient (Wildman–Crippen LogP) is 5.34. The summed E-state index contributed by atoms with van der Waals surface area (Å²) in [4.78, 5) is 24.4. The zero-order valence-electron chi connectivity index (χ0n) is 22.0. The molecule has 3 aromatic rings. The lowest BCUT2D eigenvalue weighted by atomic mass is 9.94. The normalized spacial score (nSPS) is 19.2. The van der Waals surface area contributed by atoms with Crippen LogP contribution in [0.5, 0.6) is 5.75 Å². The molecule has 0 N–H and O–H groups in total. The van der Waals surface area contributed by atoms with Crippen LogP contribution in [0.4, 0.5) is 8.78 Å². The number of fused-ring (bicyclic) bond motifs is 1. The van der Waals surface area contributed by atoms with Gasteiger partial charge in [0.15, 0.2) is 5.84 Å². The van der Waals surface area contributed by atoms with E-state index < -0.39 is 23.3 Å². The standard InChI is InChI=1S/C26H24F2N4O4.C2H6/c1-16-14-31(15-29-16)22-9-6-17(12-23(22)34-2)11-18-5-4-10-32-24(18)30-36-26(32,25(33)35-3)20-13-19(27)7-8-21(20)28;1-2/h6-9,11-15H,4-5,10H2,1-3H3;1-2H3/b18-11+;. The second-order valence-electron chi connectivity index (χ2n) is 8.54. The number of benzene rings is 2. The number of carbonyl (C=O) groups excluding carboxylic acids is 1. The summed E-state index contributed by atoms with van der Waals surface area (Å²) in [5.41, 5.74) is 0.968. The molecular weight excluding hydrogens is 494 g/mol. The number of ether oxygens (including phenoxy) is 2. The van der Waals surface area contributed by atoms with Crippen LogP contribution in [-0.4, -0.2) is 47.0 Å². The number of piperidine rings is 1. The average Bonchev–Trinajstić information content (AvgIpc) is 3.55. The molecule has 1 unspecified atom stereocenters. The maximum absolute atomic E-state index is 14.9. The molecule has 0 amide bonds. The van der Waals surface area contributed by atoms with Crippen molar-refractivity contribution in [3.05, 3.63) is 83.0 Å². The van der Waals surface area contributed by atoms with E-state index in [0.717, 1.165) is 40.7 Å². The first-order chi connectivity index (χ1) is 18.4. The van der Waals surface area contributed by atoms with Crippen molar-refractivity contribution in [3.8, 4) is 11.4 Å². The number of methoxy groups -OCH3 is 2. The topological polar surface area (TPSA) is 78.2 Å². The van der Waals surface area contributed by atoms with Gasteiger partial charge in [-0.1, -0.05) is 25.1 Å². The van der Waals surface area contributed by atoms with Crippen LogP contribution in [0.1, 0.15) is 43.5 Å². The molecule has 0 radical (unpaired) electrons. The first-order valence-corrected chi connectivity index (χ1v) is 12.3. The zero-order valence-corrected chi connectivity index (χ0v) is 22.0. The Morgan fingerprint density at radius 1 is 1.16 bits per heavy atom. The Balaban J connectivity index is 0.00000164. The van der Waals surface area contributed by atoms with E-state index >= 15 is 0 Å². The second kappa shape index (κ2) is 11.0. The lowest BCUT2D eigenvalue weighted by Crippen LogP contribution is -2.54. The van der Waals surface area contributed by atoms with Crippen molar-refractivity contribution in [2.75, 3.05) is 20.8 Å². The lowest BCUT2D eigenvalue weighted by molar-refractivity contribution is -0.187. The van der Waals surface area contributed by atoms with Gasteiger partial charge in [0.2, 0.25) is 0 Å². The van der Waals surface area contributed by atoms with Gasteiger partial charge in [-0.15, -0.1) is 0 Å². The van der Waals surface area contributed by atoms with Crippen molar-refractivity contribution in [2.24, 2.45) is 5.16 Å². The number of halogens is 2. The molecule has 3 heterocycles. The summed E-state index contributed by atoms with van der Waals surface area (Å²) in [7, 11) is 2.76. The van der Waals surface area contributed by atoms with Crippen LogP contribution >= 0.6 is 0 Å². The van der Waals surface area contributed by atoms with Gasteiger partial charge in [-0.25, -0.2) is 18.6 Å². The second-order valence-corrected chi connectivity index (χ2v) is 8.54. The molecule has 8 nitrogen and oxygen atoms in total. The van der Waals surface area contributed by atoms with Crippen LogP contribution in [-0.2, 0) is 20.1 Å². The van der Waals surface area contributed by atoms with E-state index in [1.54, 1.807) is 13.4 Å². The fourth-order valence-corrected chi connectivity index (χ4v) is 4.63. The molecule has 2 aliphatic rings. The van der Waals surface area contributed by atoms with E-state index in [2.05, 4.69) is 10.1 Å². The highest BCUT2D eigenvalue weighted by atomic mass is 19.1. The van der Waals surface area contributed by atoms with Gasteiger partial charge < -0.3 is 23.8 Å². The summed E-state index contributed by atoms with van der Waals surface area (Å²) < 4.78 is 41.4. The lowest BCUT2D eigenvalue weighted by Gasteiger charge is -2.37. The highest BCUT2D eigenvalue weighted by molar-refractivity contribution is 6.06. The molecule has 5 rings (SSSR count). The highest BCUT2D eigenvalue weighted by Gasteiger charge is 2.58. The number of hydrogen-bond donors (Lipinski definition) is 0. The van der Waals surface area contributed by atoms with Crippen molar-refractivity contribution in [2.45, 2.75) is 39.3 Å². The van der Waals surface area contributed by atoms with Gasteiger partial charge >= 0.3 is 11.7 Å². The summed E-state index contributed by atoms with van der Waals surface area (Å²) in [6.07, 6.45) is 6.80. The molecule has 200 valence electrons. The number of esters is 1. The zero-order chi connectivity index (χ0) is 27.4. The van der Waals surface area contributed by atoms with E-state index in [0.29, 0.717) is 31.0 Å². The molecule has 0 aliphatic carbocycles. The Bertz CT molecular complexity index is 1400. The van der Waals surface area contributed by atoms with Gasteiger partial charge in [-0.2, -0.15) is 0 Å². The van der Waals surface area contributed by atoms with E-state index in [1.165, 1.54) is 12.0 Å². The number of aryl methyl sites for hydroxylation is 1. The van der Waals surface area contributed by atoms with Gasteiger partial charge in [-0.05, 0) is 67.3 Å². The minimum Gasteiger partial charge on any atom is -0.495 e. The van der Waals surface area contributed by atoms with Gasteiger partial charge in [-0.3, -0.25) is 0 Å². The monoisotopic (exact) mass is 524 g/mol. The summed E-state index contributed by atoms with van der Waals surface area (Å²) in [6, 6.07) is 8.59. The van der Waals surface area contributed by atoms with Gasteiger partial charge in [0.05, 0.1) is 37.5 Å². The van der Waals surface area contributed by atoms with Gasteiger partial charge in [0.1, 0.15) is 17.4 Å². The maximum Gasteiger partial charge on any atom is 0.380 e. The predicted molar refractivity (Wildman–Crippen MR) is 139 cm³/mol. The fraction of sp³-hybridized carbons (Fsp3) is 0.321. The number of imidazole rings is 1. The molecular formula is C28H30F2N4O4. The van der Waals surface area contributed by atoms with Crippen molar-refractivity contribution in [1.82, 2.24) is 14.5 Å². The molecule has 0 saturated carbocycles. The number of rotatable bonds is 5. The molecule has 2 aliphatic heterocycles. The fourth-order valence-electron chi connectivity index (χ4n) is 4.63. The molecule has 10 heteroatoms. The molecule has 0 spiro atoms.